The third kappa shape index (κ3) is 4.49. The lowest BCUT2D eigenvalue weighted by atomic mass is 10.2. The van der Waals surface area contributed by atoms with Gasteiger partial charge >= 0.3 is 0 Å². The van der Waals surface area contributed by atoms with Crippen LogP contribution in [0.2, 0.25) is 0 Å². The average molecular weight is 284 g/mol. The molecule has 2 N–H and O–H groups in total. The first-order valence-electron chi connectivity index (χ1n) is 6.97. The van der Waals surface area contributed by atoms with Crippen LogP contribution >= 0.6 is 0 Å². The molecule has 0 aliphatic heterocycles. The number of rotatable bonds is 6. The van der Waals surface area contributed by atoms with Gasteiger partial charge in [-0.2, -0.15) is 0 Å². The van der Waals surface area contributed by atoms with Crippen molar-refractivity contribution in [2.75, 3.05) is 13.1 Å². The molecule has 1 heterocycles. The molecule has 5 heteroatoms. The molecule has 0 amide bonds. The van der Waals surface area contributed by atoms with Crippen molar-refractivity contribution in [2.45, 2.75) is 13.5 Å². The summed E-state index contributed by atoms with van der Waals surface area (Å²) in [7, 11) is 0. The van der Waals surface area contributed by atoms with E-state index in [1.807, 2.05) is 43.3 Å². The molecular weight excluding hydrogens is 264 g/mol. The smallest absolute Gasteiger partial charge is 0.191 e. The van der Waals surface area contributed by atoms with E-state index in [2.05, 4.69) is 27.4 Å². The Balaban J connectivity index is 2.02. The van der Waals surface area contributed by atoms with Gasteiger partial charge in [-0.3, -0.25) is 0 Å². The zero-order chi connectivity index (χ0) is 14.9. The van der Waals surface area contributed by atoms with E-state index < -0.39 is 0 Å². The second-order valence-electron chi connectivity index (χ2n) is 4.41. The molecule has 110 valence electrons. The molecule has 0 fully saturated rings. The van der Waals surface area contributed by atoms with Gasteiger partial charge in [-0.25, -0.2) is 4.99 Å². The minimum absolute atomic E-state index is 0.461. The van der Waals surface area contributed by atoms with Gasteiger partial charge in [0.2, 0.25) is 0 Å². The zero-order valence-corrected chi connectivity index (χ0v) is 12.2. The van der Waals surface area contributed by atoms with Crippen molar-refractivity contribution in [1.29, 1.82) is 0 Å². The van der Waals surface area contributed by atoms with Crippen molar-refractivity contribution in [2.24, 2.45) is 4.99 Å². The van der Waals surface area contributed by atoms with Crippen LogP contribution in [0.1, 0.15) is 12.6 Å². The van der Waals surface area contributed by atoms with Crippen molar-refractivity contribution in [3.63, 3.8) is 0 Å². The molecule has 0 saturated heterocycles. The highest BCUT2D eigenvalue weighted by molar-refractivity contribution is 5.79. The molecule has 1 aromatic carbocycles. The number of aliphatic imine (C=N–C) groups is 1. The number of aromatic nitrogens is 1. The van der Waals surface area contributed by atoms with Gasteiger partial charge in [-0.1, -0.05) is 41.6 Å². The van der Waals surface area contributed by atoms with E-state index in [0.717, 1.165) is 29.5 Å². The number of nitrogens with one attached hydrogen (secondary N) is 2. The predicted molar refractivity (Wildman–Crippen MR) is 85.0 cm³/mol. The van der Waals surface area contributed by atoms with Gasteiger partial charge in [-0.05, 0) is 6.92 Å². The number of hydrogen-bond donors (Lipinski definition) is 2. The van der Waals surface area contributed by atoms with Crippen LogP contribution in [-0.4, -0.2) is 24.2 Å². The average Bonchev–Trinajstić information content (AvgIpc) is 3.00. The summed E-state index contributed by atoms with van der Waals surface area (Å²) in [5, 5.41) is 10.3. The van der Waals surface area contributed by atoms with Crippen LogP contribution in [0.25, 0.3) is 11.3 Å². The van der Waals surface area contributed by atoms with E-state index in [9.17, 15) is 0 Å². The minimum atomic E-state index is 0.461. The molecular formula is C16H20N4O. The van der Waals surface area contributed by atoms with Crippen LogP contribution in [0.5, 0.6) is 0 Å². The van der Waals surface area contributed by atoms with Crippen molar-refractivity contribution in [3.8, 4) is 11.3 Å². The largest absolute Gasteiger partial charge is 0.357 e. The Morgan fingerprint density at radius 3 is 2.86 bits per heavy atom. The normalized spacial score (nSPS) is 11.2. The molecule has 0 spiro atoms. The summed E-state index contributed by atoms with van der Waals surface area (Å²) in [4.78, 5) is 4.45. The van der Waals surface area contributed by atoms with E-state index in [-0.39, 0.29) is 0 Å². The summed E-state index contributed by atoms with van der Waals surface area (Å²) in [6.07, 6.45) is 1.79. The summed E-state index contributed by atoms with van der Waals surface area (Å²) < 4.78 is 5.35. The molecule has 2 rings (SSSR count). The standard InChI is InChI=1S/C16H20N4O/c1-3-10-18-16(17-4-2)19-12-14-11-15(21-20-14)13-8-6-5-7-9-13/h3,5-9,11H,1,4,10,12H2,2H3,(H2,17,18,19). The summed E-state index contributed by atoms with van der Waals surface area (Å²) >= 11 is 0. The summed E-state index contributed by atoms with van der Waals surface area (Å²) in [5.41, 5.74) is 1.81. The zero-order valence-electron chi connectivity index (χ0n) is 12.2. The van der Waals surface area contributed by atoms with Crippen molar-refractivity contribution in [1.82, 2.24) is 15.8 Å². The second kappa shape index (κ2) is 7.89. The van der Waals surface area contributed by atoms with Gasteiger partial charge < -0.3 is 15.2 Å². The Morgan fingerprint density at radius 2 is 2.14 bits per heavy atom. The fourth-order valence-electron chi connectivity index (χ4n) is 1.80. The van der Waals surface area contributed by atoms with E-state index in [1.165, 1.54) is 0 Å². The fraction of sp³-hybridized carbons (Fsp3) is 0.250. The Hall–Kier alpha value is -2.56. The topological polar surface area (TPSA) is 62.5 Å². The van der Waals surface area contributed by atoms with Gasteiger partial charge in [0, 0.05) is 24.7 Å². The second-order valence-corrected chi connectivity index (χ2v) is 4.41. The van der Waals surface area contributed by atoms with E-state index >= 15 is 0 Å². The predicted octanol–water partition coefficient (Wildman–Crippen LogP) is 2.58. The molecule has 2 aromatic rings. The van der Waals surface area contributed by atoms with Crippen molar-refractivity contribution < 1.29 is 4.52 Å². The molecule has 21 heavy (non-hydrogen) atoms. The molecule has 0 aliphatic rings. The molecule has 0 saturated carbocycles. The molecule has 0 aliphatic carbocycles. The van der Waals surface area contributed by atoms with Crippen LogP contribution in [0.4, 0.5) is 0 Å². The van der Waals surface area contributed by atoms with Gasteiger partial charge in [0.05, 0.1) is 6.54 Å². The maximum Gasteiger partial charge on any atom is 0.191 e. The number of guanidine groups is 1. The van der Waals surface area contributed by atoms with Gasteiger partial charge in [-0.15, -0.1) is 6.58 Å². The lowest BCUT2D eigenvalue weighted by Gasteiger charge is -2.08. The lowest BCUT2D eigenvalue weighted by Crippen LogP contribution is -2.37. The third-order valence-corrected chi connectivity index (χ3v) is 2.77. The highest BCUT2D eigenvalue weighted by Crippen LogP contribution is 2.19. The number of benzene rings is 1. The van der Waals surface area contributed by atoms with Crippen LogP contribution in [0.15, 0.2) is 58.6 Å². The molecule has 0 unspecified atom stereocenters. The Morgan fingerprint density at radius 1 is 1.33 bits per heavy atom. The van der Waals surface area contributed by atoms with Crippen LogP contribution < -0.4 is 10.6 Å². The number of hydrogen-bond acceptors (Lipinski definition) is 3. The monoisotopic (exact) mass is 284 g/mol. The Kier molecular flexibility index (Phi) is 5.58. The lowest BCUT2D eigenvalue weighted by molar-refractivity contribution is 0.424. The first kappa shape index (κ1) is 14.8. The summed E-state index contributed by atoms with van der Waals surface area (Å²) in [5.74, 6) is 1.49. The summed E-state index contributed by atoms with van der Waals surface area (Å²) in [6, 6.07) is 11.8. The van der Waals surface area contributed by atoms with Gasteiger partial charge in [0.15, 0.2) is 11.7 Å². The highest BCUT2D eigenvalue weighted by atomic mass is 16.5. The quantitative estimate of drug-likeness (QED) is 0.486. The van der Waals surface area contributed by atoms with Crippen LogP contribution in [0, 0.1) is 0 Å². The van der Waals surface area contributed by atoms with E-state index in [0.29, 0.717) is 13.1 Å². The first-order valence-corrected chi connectivity index (χ1v) is 6.97. The highest BCUT2D eigenvalue weighted by Gasteiger charge is 2.06. The maximum absolute atomic E-state index is 5.35. The number of nitrogens with zero attached hydrogens (tertiary/aromatic N) is 2. The summed E-state index contributed by atoms with van der Waals surface area (Å²) in [6.45, 7) is 7.63. The third-order valence-electron chi connectivity index (χ3n) is 2.77. The van der Waals surface area contributed by atoms with Crippen LogP contribution in [0.3, 0.4) is 0 Å². The first-order chi connectivity index (χ1) is 10.3. The minimum Gasteiger partial charge on any atom is -0.357 e. The van der Waals surface area contributed by atoms with Crippen molar-refractivity contribution in [3.05, 3.63) is 54.7 Å². The van der Waals surface area contributed by atoms with E-state index in [1.54, 1.807) is 6.08 Å². The maximum atomic E-state index is 5.35. The van der Waals surface area contributed by atoms with Crippen LogP contribution in [-0.2, 0) is 6.54 Å². The van der Waals surface area contributed by atoms with Gasteiger partial charge in [0.1, 0.15) is 5.69 Å². The molecule has 0 radical (unpaired) electrons. The van der Waals surface area contributed by atoms with Crippen molar-refractivity contribution >= 4 is 5.96 Å². The van der Waals surface area contributed by atoms with Gasteiger partial charge in [0.25, 0.3) is 0 Å². The SMILES string of the molecule is C=CCNC(=NCc1cc(-c2ccccc2)on1)NCC. The Bertz CT molecular complexity index is 589. The molecule has 1 aromatic heterocycles. The van der Waals surface area contributed by atoms with E-state index in [4.69, 9.17) is 4.52 Å². The molecule has 0 bridgehead atoms. The fourth-order valence-corrected chi connectivity index (χ4v) is 1.80. The molecule has 5 nitrogen and oxygen atoms in total. The Labute approximate surface area is 124 Å². The molecule has 0 atom stereocenters.